The van der Waals surface area contributed by atoms with Crippen molar-refractivity contribution >= 4 is 6.08 Å². The van der Waals surface area contributed by atoms with E-state index in [-0.39, 0.29) is 0 Å². The molecule has 14 heavy (non-hydrogen) atoms. The monoisotopic (exact) mass is 183 g/mol. The molecule has 0 spiro atoms. The van der Waals surface area contributed by atoms with Gasteiger partial charge in [0.15, 0.2) is 0 Å². The molecule has 0 saturated heterocycles. The summed E-state index contributed by atoms with van der Waals surface area (Å²) in [5.41, 5.74) is 9.14. The van der Waals surface area contributed by atoms with Crippen LogP contribution < -0.4 is 5.73 Å². The molecule has 0 heterocycles. The fourth-order valence-electron chi connectivity index (χ4n) is 1.48. The van der Waals surface area contributed by atoms with Crippen molar-refractivity contribution in [3.63, 3.8) is 0 Å². The molecule has 2 N–H and O–H groups in total. The lowest BCUT2D eigenvalue weighted by atomic mass is 10.0. The van der Waals surface area contributed by atoms with E-state index >= 15 is 0 Å². The molecule has 1 heteroatoms. The zero-order chi connectivity index (χ0) is 9.80. The van der Waals surface area contributed by atoms with Crippen molar-refractivity contribution in [1.82, 2.24) is 0 Å². The number of nitrogens with two attached hydrogens (primary N) is 1. The summed E-state index contributed by atoms with van der Waals surface area (Å²) < 4.78 is 0. The molecule has 1 nitrogen and oxygen atoms in total. The highest BCUT2D eigenvalue weighted by molar-refractivity contribution is 5.59. The van der Waals surface area contributed by atoms with E-state index in [0.717, 1.165) is 12.1 Å². The summed E-state index contributed by atoms with van der Waals surface area (Å²) in [5.74, 6) is 0. The Balaban J connectivity index is 2.28. The van der Waals surface area contributed by atoms with Crippen LogP contribution in [0.2, 0.25) is 0 Å². The van der Waals surface area contributed by atoms with Gasteiger partial charge in [-0.1, -0.05) is 42.5 Å². The van der Waals surface area contributed by atoms with E-state index in [4.69, 9.17) is 5.73 Å². The van der Waals surface area contributed by atoms with Crippen LogP contribution in [0.3, 0.4) is 0 Å². The van der Waals surface area contributed by atoms with Crippen molar-refractivity contribution in [2.45, 2.75) is 6.42 Å². The zero-order valence-corrected chi connectivity index (χ0v) is 7.98. The Morgan fingerprint density at radius 3 is 2.64 bits per heavy atom. The standard InChI is InChI=1S/C13H13N/c14-13-9-5-4-8-12(13)10-11-6-2-1-3-7-11/h1-7,9-10H,8,14H2. The Bertz CT molecular complexity index is 397. The van der Waals surface area contributed by atoms with Crippen molar-refractivity contribution in [3.05, 3.63) is 65.4 Å². The number of hydrogen-bond donors (Lipinski definition) is 1. The van der Waals surface area contributed by atoms with Gasteiger partial charge in [-0.25, -0.2) is 0 Å². The van der Waals surface area contributed by atoms with Crippen LogP contribution in [0.5, 0.6) is 0 Å². The second-order valence-electron chi connectivity index (χ2n) is 3.33. The average Bonchev–Trinajstić information content (AvgIpc) is 2.23. The van der Waals surface area contributed by atoms with Crippen molar-refractivity contribution in [2.24, 2.45) is 5.73 Å². The second-order valence-corrected chi connectivity index (χ2v) is 3.33. The van der Waals surface area contributed by atoms with Gasteiger partial charge < -0.3 is 5.73 Å². The molecule has 0 amide bonds. The van der Waals surface area contributed by atoms with E-state index in [0.29, 0.717) is 0 Å². The molecule has 70 valence electrons. The summed E-state index contributed by atoms with van der Waals surface area (Å²) in [7, 11) is 0. The molecular formula is C13H13N. The Hall–Kier alpha value is -1.76. The van der Waals surface area contributed by atoms with Crippen LogP contribution in [0.15, 0.2) is 59.8 Å². The molecule has 1 aromatic rings. The third-order valence-corrected chi connectivity index (χ3v) is 2.26. The van der Waals surface area contributed by atoms with Crippen LogP contribution in [0, 0.1) is 0 Å². The number of benzene rings is 1. The first-order valence-electron chi connectivity index (χ1n) is 4.74. The highest BCUT2D eigenvalue weighted by Gasteiger charge is 2.01. The Morgan fingerprint density at radius 2 is 1.93 bits per heavy atom. The van der Waals surface area contributed by atoms with Crippen molar-refractivity contribution in [3.8, 4) is 0 Å². The lowest BCUT2D eigenvalue weighted by molar-refractivity contribution is 1.17. The fourth-order valence-corrected chi connectivity index (χ4v) is 1.48. The summed E-state index contributed by atoms with van der Waals surface area (Å²) >= 11 is 0. The van der Waals surface area contributed by atoms with Gasteiger partial charge in [0.1, 0.15) is 0 Å². The first-order chi connectivity index (χ1) is 6.86. The van der Waals surface area contributed by atoms with Gasteiger partial charge in [0.25, 0.3) is 0 Å². The quantitative estimate of drug-likeness (QED) is 0.711. The molecule has 0 unspecified atom stereocenters. The van der Waals surface area contributed by atoms with Gasteiger partial charge in [0, 0.05) is 5.70 Å². The summed E-state index contributed by atoms with van der Waals surface area (Å²) in [4.78, 5) is 0. The molecule has 0 bridgehead atoms. The van der Waals surface area contributed by atoms with E-state index < -0.39 is 0 Å². The summed E-state index contributed by atoms with van der Waals surface area (Å²) in [6, 6.07) is 10.2. The van der Waals surface area contributed by atoms with E-state index in [1.807, 2.05) is 30.4 Å². The van der Waals surface area contributed by atoms with Gasteiger partial charge in [-0.15, -0.1) is 0 Å². The second kappa shape index (κ2) is 3.97. The normalized spacial score (nSPS) is 18.3. The van der Waals surface area contributed by atoms with E-state index in [2.05, 4.69) is 24.3 Å². The van der Waals surface area contributed by atoms with Gasteiger partial charge in [-0.2, -0.15) is 0 Å². The molecule has 2 rings (SSSR count). The highest BCUT2D eigenvalue weighted by Crippen LogP contribution is 2.18. The molecule has 0 atom stereocenters. The lowest BCUT2D eigenvalue weighted by Crippen LogP contribution is -2.02. The molecule has 1 aliphatic rings. The molecule has 0 radical (unpaired) electrons. The number of allylic oxidation sites excluding steroid dienone is 4. The Morgan fingerprint density at radius 1 is 1.14 bits per heavy atom. The van der Waals surface area contributed by atoms with Crippen LogP contribution in [-0.4, -0.2) is 0 Å². The summed E-state index contributed by atoms with van der Waals surface area (Å²) in [5, 5.41) is 0. The Kier molecular flexibility index (Phi) is 2.50. The summed E-state index contributed by atoms with van der Waals surface area (Å²) in [6.45, 7) is 0. The minimum absolute atomic E-state index is 0.872. The summed E-state index contributed by atoms with van der Waals surface area (Å²) in [6.07, 6.45) is 9.12. The predicted molar refractivity (Wildman–Crippen MR) is 60.4 cm³/mol. The maximum Gasteiger partial charge on any atom is 0.0349 e. The average molecular weight is 183 g/mol. The fraction of sp³-hybridized carbons (Fsp3) is 0.0769. The van der Waals surface area contributed by atoms with Crippen LogP contribution in [0.1, 0.15) is 12.0 Å². The third kappa shape index (κ3) is 1.94. The molecule has 1 aliphatic carbocycles. The van der Waals surface area contributed by atoms with Gasteiger partial charge in [0.2, 0.25) is 0 Å². The minimum atomic E-state index is 0.872. The topological polar surface area (TPSA) is 26.0 Å². The highest BCUT2D eigenvalue weighted by atomic mass is 14.6. The van der Waals surface area contributed by atoms with Gasteiger partial charge >= 0.3 is 0 Å². The minimum Gasteiger partial charge on any atom is -0.398 e. The maximum absolute atomic E-state index is 5.87. The molecular weight excluding hydrogens is 170 g/mol. The molecule has 1 aromatic carbocycles. The van der Waals surface area contributed by atoms with Crippen molar-refractivity contribution in [2.75, 3.05) is 0 Å². The SMILES string of the molecule is NC1=CC=CCC1=Cc1ccccc1. The zero-order valence-electron chi connectivity index (χ0n) is 7.98. The van der Waals surface area contributed by atoms with E-state index in [1.165, 1.54) is 11.1 Å². The molecule has 0 fully saturated rings. The van der Waals surface area contributed by atoms with Gasteiger partial charge in [-0.3, -0.25) is 0 Å². The predicted octanol–water partition coefficient (Wildman–Crippen LogP) is 2.87. The van der Waals surface area contributed by atoms with Crippen LogP contribution in [-0.2, 0) is 0 Å². The van der Waals surface area contributed by atoms with Gasteiger partial charge in [-0.05, 0) is 29.7 Å². The van der Waals surface area contributed by atoms with Crippen molar-refractivity contribution < 1.29 is 0 Å². The smallest absolute Gasteiger partial charge is 0.0349 e. The first kappa shape index (κ1) is 8.82. The Labute approximate surface area is 84.3 Å². The van der Waals surface area contributed by atoms with Crippen LogP contribution in [0.25, 0.3) is 6.08 Å². The lowest BCUT2D eigenvalue weighted by Gasteiger charge is -2.08. The molecule has 0 saturated carbocycles. The van der Waals surface area contributed by atoms with E-state index in [1.54, 1.807) is 0 Å². The van der Waals surface area contributed by atoms with Gasteiger partial charge in [0.05, 0.1) is 0 Å². The third-order valence-electron chi connectivity index (χ3n) is 2.26. The van der Waals surface area contributed by atoms with E-state index in [9.17, 15) is 0 Å². The maximum atomic E-state index is 5.87. The first-order valence-corrected chi connectivity index (χ1v) is 4.74. The number of hydrogen-bond acceptors (Lipinski definition) is 1. The van der Waals surface area contributed by atoms with Crippen molar-refractivity contribution in [1.29, 1.82) is 0 Å². The van der Waals surface area contributed by atoms with Crippen LogP contribution in [0.4, 0.5) is 0 Å². The largest absolute Gasteiger partial charge is 0.398 e. The molecule has 0 aromatic heterocycles. The number of rotatable bonds is 1. The molecule has 0 aliphatic heterocycles. The van der Waals surface area contributed by atoms with Crippen LogP contribution >= 0.6 is 0 Å².